The normalized spacial score (nSPS) is 36.7. The number of carbonyl (C=O) groups is 1. The summed E-state index contributed by atoms with van der Waals surface area (Å²) in [5.41, 5.74) is 0. The van der Waals surface area contributed by atoms with E-state index in [9.17, 15) is 4.79 Å². The Labute approximate surface area is 85.6 Å². The Balaban J connectivity index is 1.80. The lowest BCUT2D eigenvalue weighted by molar-refractivity contribution is -0.123. The van der Waals surface area contributed by atoms with Crippen LogP contribution >= 0.6 is 0 Å². The molecule has 0 aromatic rings. The fourth-order valence-electron chi connectivity index (χ4n) is 2.29. The first kappa shape index (κ1) is 9.97. The van der Waals surface area contributed by atoms with Crippen LogP contribution in [-0.4, -0.2) is 25.0 Å². The Kier molecular flexibility index (Phi) is 2.52. The SMILES string of the molecule is CC(C)C(C)NC(=O)C1[C@H]2CNC[C@@H]12. The van der Waals surface area contributed by atoms with E-state index in [2.05, 4.69) is 31.4 Å². The second kappa shape index (κ2) is 3.54. The van der Waals surface area contributed by atoms with Gasteiger partial charge in [-0.25, -0.2) is 0 Å². The van der Waals surface area contributed by atoms with Crippen molar-refractivity contribution in [2.75, 3.05) is 13.1 Å². The molecule has 0 spiro atoms. The maximum absolute atomic E-state index is 11.8. The van der Waals surface area contributed by atoms with Crippen molar-refractivity contribution in [1.29, 1.82) is 0 Å². The van der Waals surface area contributed by atoms with Crippen LogP contribution in [0.25, 0.3) is 0 Å². The number of hydrogen-bond acceptors (Lipinski definition) is 2. The lowest BCUT2D eigenvalue weighted by Crippen LogP contribution is -2.38. The van der Waals surface area contributed by atoms with Crippen LogP contribution in [0.4, 0.5) is 0 Å². The number of piperidine rings is 1. The van der Waals surface area contributed by atoms with Crippen LogP contribution in [0.2, 0.25) is 0 Å². The smallest absolute Gasteiger partial charge is 0.224 e. The summed E-state index contributed by atoms with van der Waals surface area (Å²) in [4.78, 5) is 11.8. The van der Waals surface area contributed by atoms with E-state index in [-0.39, 0.29) is 5.91 Å². The molecule has 14 heavy (non-hydrogen) atoms. The van der Waals surface area contributed by atoms with Gasteiger partial charge in [0, 0.05) is 12.0 Å². The van der Waals surface area contributed by atoms with Crippen molar-refractivity contribution in [3.05, 3.63) is 0 Å². The number of fused-ring (bicyclic) bond motifs is 1. The average Bonchev–Trinajstić information content (AvgIpc) is 2.61. The molecule has 0 aromatic heterocycles. The molecule has 0 radical (unpaired) electrons. The molecule has 1 aliphatic heterocycles. The zero-order valence-electron chi connectivity index (χ0n) is 9.21. The van der Waals surface area contributed by atoms with E-state index < -0.39 is 0 Å². The topological polar surface area (TPSA) is 41.1 Å². The molecule has 3 nitrogen and oxygen atoms in total. The fourth-order valence-corrected chi connectivity index (χ4v) is 2.29. The standard InChI is InChI=1S/C11H20N2O/c1-6(2)7(3)13-11(14)10-8-4-12-5-9(8)10/h6-10,12H,4-5H2,1-3H3,(H,13,14)/t7?,8-,9+,10?. The van der Waals surface area contributed by atoms with Gasteiger partial charge in [-0.1, -0.05) is 13.8 Å². The zero-order chi connectivity index (χ0) is 10.3. The van der Waals surface area contributed by atoms with Gasteiger partial charge in [-0.15, -0.1) is 0 Å². The van der Waals surface area contributed by atoms with Crippen molar-refractivity contribution in [1.82, 2.24) is 10.6 Å². The van der Waals surface area contributed by atoms with Crippen molar-refractivity contribution in [2.45, 2.75) is 26.8 Å². The van der Waals surface area contributed by atoms with E-state index >= 15 is 0 Å². The second-order valence-electron chi connectivity index (χ2n) is 5.05. The predicted molar refractivity (Wildman–Crippen MR) is 55.8 cm³/mol. The van der Waals surface area contributed by atoms with E-state index in [0.717, 1.165) is 13.1 Å². The molecule has 2 N–H and O–H groups in total. The minimum Gasteiger partial charge on any atom is -0.353 e. The molecule has 3 heteroatoms. The van der Waals surface area contributed by atoms with Crippen LogP contribution < -0.4 is 10.6 Å². The third kappa shape index (κ3) is 1.65. The highest BCUT2D eigenvalue weighted by atomic mass is 16.2. The molecular formula is C11H20N2O. The maximum Gasteiger partial charge on any atom is 0.224 e. The quantitative estimate of drug-likeness (QED) is 0.694. The third-order valence-electron chi connectivity index (χ3n) is 3.76. The second-order valence-corrected chi connectivity index (χ2v) is 5.05. The Morgan fingerprint density at radius 1 is 1.29 bits per heavy atom. The van der Waals surface area contributed by atoms with Crippen LogP contribution in [-0.2, 0) is 4.79 Å². The molecule has 1 heterocycles. The molecule has 2 rings (SSSR count). The number of hydrogen-bond donors (Lipinski definition) is 2. The summed E-state index contributed by atoms with van der Waals surface area (Å²) in [6.07, 6.45) is 0. The van der Waals surface area contributed by atoms with Crippen LogP contribution in [0.15, 0.2) is 0 Å². The van der Waals surface area contributed by atoms with Crippen LogP contribution in [0.3, 0.4) is 0 Å². The van der Waals surface area contributed by atoms with E-state index in [0.29, 0.717) is 29.7 Å². The van der Waals surface area contributed by atoms with Gasteiger partial charge in [-0.3, -0.25) is 4.79 Å². The van der Waals surface area contributed by atoms with Crippen molar-refractivity contribution < 1.29 is 4.79 Å². The third-order valence-corrected chi connectivity index (χ3v) is 3.76. The number of carbonyl (C=O) groups excluding carboxylic acids is 1. The molecule has 4 atom stereocenters. The molecule has 2 unspecified atom stereocenters. The molecular weight excluding hydrogens is 176 g/mol. The summed E-state index contributed by atoms with van der Waals surface area (Å²) in [6, 6.07) is 0.303. The van der Waals surface area contributed by atoms with Gasteiger partial charge in [0.15, 0.2) is 0 Å². The first-order chi connectivity index (χ1) is 6.61. The maximum atomic E-state index is 11.8. The van der Waals surface area contributed by atoms with Crippen LogP contribution in [0.5, 0.6) is 0 Å². The van der Waals surface area contributed by atoms with Gasteiger partial charge in [0.2, 0.25) is 5.91 Å². The highest BCUT2D eigenvalue weighted by Crippen LogP contribution is 2.48. The first-order valence-electron chi connectivity index (χ1n) is 5.62. The first-order valence-corrected chi connectivity index (χ1v) is 5.62. The lowest BCUT2D eigenvalue weighted by Gasteiger charge is -2.18. The molecule has 1 aliphatic carbocycles. The van der Waals surface area contributed by atoms with E-state index in [1.54, 1.807) is 0 Å². The van der Waals surface area contributed by atoms with Gasteiger partial charge in [-0.2, -0.15) is 0 Å². The van der Waals surface area contributed by atoms with Crippen molar-refractivity contribution >= 4 is 5.91 Å². The summed E-state index contributed by atoms with van der Waals surface area (Å²) >= 11 is 0. The van der Waals surface area contributed by atoms with Gasteiger partial charge < -0.3 is 10.6 Å². The number of amides is 1. The Bertz CT molecular complexity index is 229. The van der Waals surface area contributed by atoms with Gasteiger partial charge in [0.25, 0.3) is 0 Å². The minimum atomic E-state index is 0.280. The average molecular weight is 196 g/mol. The van der Waals surface area contributed by atoms with E-state index in [4.69, 9.17) is 0 Å². The van der Waals surface area contributed by atoms with Gasteiger partial charge in [0.05, 0.1) is 0 Å². The molecule has 0 aromatic carbocycles. The van der Waals surface area contributed by atoms with Gasteiger partial charge in [0.1, 0.15) is 0 Å². The molecule has 0 bridgehead atoms. The Morgan fingerprint density at radius 3 is 2.36 bits per heavy atom. The van der Waals surface area contributed by atoms with Crippen molar-refractivity contribution in [2.24, 2.45) is 23.7 Å². The van der Waals surface area contributed by atoms with Crippen molar-refractivity contribution in [3.63, 3.8) is 0 Å². The zero-order valence-corrected chi connectivity index (χ0v) is 9.21. The summed E-state index contributed by atoms with van der Waals surface area (Å²) in [5, 5.41) is 6.41. The summed E-state index contributed by atoms with van der Waals surface area (Å²) in [7, 11) is 0. The largest absolute Gasteiger partial charge is 0.353 e. The number of rotatable bonds is 3. The fraction of sp³-hybridized carbons (Fsp3) is 0.909. The molecule has 2 aliphatic rings. The lowest BCUT2D eigenvalue weighted by atomic mass is 10.1. The van der Waals surface area contributed by atoms with E-state index in [1.807, 2.05) is 0 Å². The molecule has 2 fully saturated rings. The molecule has 80 valence electrons. The van der Waals surface area contributed by atoms with Crippen LogP contribution in [0, 0.1) is 23.7 Å². The molecule has 1 saturated heterocycles. The molecule has 1 amide bonds. The van der Waals surface area contributed by atoms with Crippen LogP contribution in [0.1, 0.15) is 20.8 Å². The summed E-state index contributed by atoms with van der Waals surface area (Å²) < 4.78 is 0. The molecule has 1 saturated carbocycles. The monoisotopic (exact) mass is 196 g/mol. The summed E-state index contributed by atoms with van der Waals surface area (Å²) in [6.45, 7) is 8.44. The summed E-state index contributed by atoms with van der Waals surface area (Å²) in [5.74, 6) is 2.39. The number of nitrogens with one attached hydrogen (secondary N) is 2. The highest BCUT2D eigenvalue weighted by Gasteiger charge is 2.56. The van der Waals surface area contributed by atoms with Gasteiger partial charge in [-0.05, 0) is 37.8 Å². The van der Waals surface area contributed by atoms with E-state index in [1.165, 1.54) is 0 Å². The Hall–Kier alpha value is -0.570. The Morgan fingerprint density at radius 2 is 1.86 bits per heavy atom. The van der Waals surface area contributed by atoms with Crippen molar-refractivity contribution in [3.8, 4) is 0 Å². The highest BCUT2D eigenvalue weighted by molar-refractivity contribution is 5.82. The van der Waals surface area contributed by atoms with Gasteiger partial charge >= 0.3 is 0 Å². The predicted octanol–water partition coefficient (Wildman–Crippen LogP) is 0.612. The minimum absolute atomic E-state index is 0.280.